The van der Waals surface area contributed by atoms with E-state index in [4.69, 9.17) is 20.9 Å². The number of aromatic nitrogens is 1. The number of carbonyl (C=O) groups excluding carboxylic acids is 2. The molecule has 2 amide bonds. The topological polar surface area (TPSA) is 75.9 Å². The molecule has 1 fully saturated rings. The monoisotopic (exact) mass is 537 g/mol. The molecule has 0 aliphatic carbocycles. The van der Waals surface area contributed by atoms with Crippen LogP contribution in [0.4, 0.5) is 0 Å². The van der Waals surface area contributed by atoms with Crippen molar-refractivity contribution in [2.45, 2.75) is 52.5 Å². The molecule has 0 saturated carbocycles. The normalized spacial score (nSPS) is 17.3. The Morgan fingerprint density at radius 3 is 2.66 bits per heavy atom. The number of hydrogen-bond donors (Lipinski definition) is 0. The van der Waals surface area contributed by atoms with Crippen molar-refractivity contribution in [3.05, 3.63) is 82.2 Å². The molecule has 0 bridgehead atoms. The van der Waals surface area contributed by atoms with E-state index < -0.39 is 5.41 Å². The van der Waals surface area contributed by atoms with Crippen molar-refractivity contribution < 1.29 is 18.8 Å². The minimum Gasteiger partial charge on any atom is -0.493 e. The molecule has 1 saturated heterocycles. The molecule has 0 N–H and O–H groups in total. The van der Waals surface area contributed by atoms with E-state index in [-0.39, 0.29) is 11.8 Å². The molecular formula is C30H36ClN3O4. The maximum Gasteiger partial charge on any atom is 0.223 e. The number of likely N-dealkylation sites (tertiary alicyclic amines) is 1. The number of halogens is 1. The molecule has 1 aliphatic rings. The van der Waals surface area contributed by atoms with Crippen molar-refractivity contribution in [1.82, 2.24) is 15.0 Å². The highest BCUT2D eigenvalue weighted by molar-refractivity contribution is 6.30. The average molecular weight is 538 g/mol. The molecule has 2 aromatic carbocycles. The van der Waals surface area contributed by atoms with Crippen LogP contribution < -0.4 is 4.74 Å². The Morgan fingerprint density at radius 1 is 1.16 bits per heavy atom. The zero-order valence-electron chi connectivity index (χ0n) is 22.4. The van der Waals surface area contributed by atoms with Crippen LogP contribution in [0.15, 0.2) is 59.1 Å². The van der Waals surface area contributed by atoms with Crippen molar-refractivity contribution in [2.75, 3.05) is 26.7 Å². The predicted molar refractivity (Wildman–Crippen MR) is 147 cm³/mol. The molecule has 202 valence electrons. The van der Waals surface area contributed by atoms with Gasteiger partial charge in [0.1, 0.15) is 11.5 Å². The zero-order chi connectivity index (χ0) is 27.1. The van der Waals surface area contributed by atoms with E-state index in [1.54, 1.807) is 17.0 Å². The first-order chi connectivity index (χ1) is 18.2. The number of carbonyl (C=O) groups is 2. The number of aryl methyl sites for hydroxylation is 2. The Hall–Kier alpha value is -3.32. The lowest BCUT2D eigenvalue weighted by Crippen LogP contribution is -2.50. The van der Waals surface area contributed by atoms with Gasteiger partial charge >= 0.3 is 0 Å². The second-order valence-electron chi connectivity index (χ2n) is 10.4. The van der Waals surface area contributed by atoms with Crippen LogP contribution in [0.5, 0.6) is 5.75 Å². The number of ether oxygens (including phenoxy) is 1. The van der Waals surface area contributed by atoms with Gasteiger partial charge in [0, 0.05) is 55.5 Å². The molecule has 8 heteroatoms. The predicted octanol–water partition coefficient (Wildman–Crippen LogP) is 5.61. The average Bonchev–Trinajstić information content (AvgIpc) is 3.23. The van der Waals surface area contributed by atoms with Gasteiger partial charge in [-0.1, -0.05) is 53.2 Å². The van der Waals surface area contributed by atoms with E-state index in [9.17, 15) is 9.59 Å². The Balaban J connectivity index is 1.47. The summed E-state index contributed by atoms with van der Waals surface area (Å²) in [5.41, 5.74) is 2.39. The third kappa shape index (κ3) is 7.16. The molecule has 0 radical (unpaired) electrons. The first-order valence-corrected chi connectivity index (χ1v) is 13.5. The maximum atomic E-state index is 13.4. The molecule has 2 heterocycles. The summed E-state index contributed by atoms with van der Waals surface area (Å²) in [6.45, 7) is 5.77. The summed E-state index contributed by atoms with van der Waals surface area (Å²) in [5, 5.41) is 4.59. The van der Waals surface area contributed by atoms with Gasteiger partial charge in [-0.25, -0.2) is 0 Å². The summed E-state index contributed by atoms with van der Waals surface area (Å²) < 4.78 is 11.4. The van der Waals surface area contributed by atoms with Crippen LogP contribution in [-0.4, -0.2) is 53.5 Å². The first kappa shape index (κ1) is 27.7. The lowest BCUT2D eigenvalue weighted by atomic mass is 9.77. The highest BCUT2D eigenvalue weighted by atomic mass is 35.5. The minimum absolute atomic E-state index is 0.0357. The fourth-order valence-electron chi connectivity index (χ4n) is 5.18. The Labute approximate surface area is 229 Å². The summed E-state index contributed by atoms with van der Waals surface area (Å²) in [6.07, 6.45) is 2.86. The van der Waals surface area contributed by atoms with Gasteiger partial charge in [0.2, 0.25) is 11.8 Å². The second kappa shape index (κ2) is 12.5. The lowest BCUT2D eigenvalue weighted by molar-refractivity contribution is -0.141. The van der Waals surface area contributed by atoms with Gasteiger partial charge in [-0.15, -0.1) is 0 Å². The van der Waals surface area contributed by atoms with Crippen molar-refractivity contribution >= 4 is 23.4 Å². The van der Waals surface area contributed by atoms with Crippen molar-refractivity contribution in [1.29, 1.82) is 0 Å². The summed E-state index contributed by atoms with van der Waals surface area (Å²) in [4.78, 5) is 30.4. The van der Waals surface area contributed by atoms with E-state index in [0.717, 1.165) is 35.4 Å². The molecule has 0 unspecified atom stereocenters. The molecule has 3 aromatic rings. The van der Waals surface area contributed by atoms with Crippen LogP contribution in [0.25, 0.3) is 0 Å². The standard InChI is InChI=1S/C30H36ClN3O4/c1-22-27(23(2)38-32-22)13-14-28(35)34-16-8-15-30(20-34,21-37-26-12-7-11-25(31)17-26)18-29(36)33(3)19-24-9-5-4-6-10-24/h4-7,9-12,17H,8,13-16,18-21H2,1-3H3/t30-/m1/s1. The number of hydrogen-bond acceptors (Lipinski definition) is 5. The van der Waals surface area contributed by atoms with E-state index in [2.05, 4.69) is 5.16 Å². The Kier molecular flexibility index (Phi) is 9.10. The molecule has 38 heavy (non-hydrogen) atoms. The number of rotatable bonds is 10. The van der Waals surface area contributed by atoms with Gasteiger partial charge in [-0.3, -0.25) is 9.59 Å². The van der Waals surface area contributed by atoms with Gasteiger partial charge in [-0.05, 0) is 56.9 Å². The van der Waals surface area contributed by atoms with Crippen LogP contribution >= 0.6 is 11.6 Å². The highest BCUT2D eigenvalue weighted by Gasteiger charge is 2.40. The van der Waals surface area contributed by atoms with Crippen LogP contribution in [0, 0.1) is 19.3 Å². The second-order valence-corrected chi connectivity index (χ2v) is 10.8. The van der Waals surface area contributed by atoms with Crippen molar-refractivity contribution in [3.63, 3.8) is 0 Å². The van der Waals surface area contributed by atoms with Crippen LogP contribution in [0.1, 0.15) is 48.3 Å². The van der Waals surface area contributed by atoms with E-state index in [0.29, 0.717) is 56.3 Å². The van der Waals surface area contributed by atoms with Gasteiger partial charge in [0.25, 0.3) is 0 Å². The molecule has 4 rings (SSSR count). The molecule has 7 nitrogen and oxygen atoms in total. The number of nitrogens with zero attached hydrogens (tertiary/aromatic N) is 3. The Morgan fingerprint density at radius 2 is 1.95 bits per heavy atom. The summed E-state index contributed by atoms with van der Waals surface area (Å²) >= 11 is 6.16. The number of benzene rings is 2. The largest absolute Gasteiger partial charge is 0.493 e. The zero-order valence-corrected chi connectivity index (χ0v) is 23.2. The van der Waals surface area contributed by atoms with Gasteiger partial charge in [0.05, 0.1) is 12.3 Å². The maximum absolute atomic E-state index is 13.4. The minimum atomic E-state index is -0.499. The van der Waals surface area contributed by atoms with Crippen LogP contribution in [-0.2, 0) is 22.6 Å². The molecule has 1 atom stereocenters. The first-order valence-electron chi connectivity index (χ1n) is 13.1. The lowest BCUT2D eigenvalue weighted by Gasteiger charge is -2.43. The highest BCUT2D eigenvalue weighted by Crippen LogP contribution is 2.36. The van der Waals surface area contributed by atoms with Crippen LogP contribution in [0.3, 0.4) is 0 Å². The number of piperidine rings is 1. The summed E-state index contributed by atoms with van der Waals surface area (Å²) in [6, 6.07) is 17.2. The molecule has 1 aliphatic heterocycles. The summed E-state index contributed by atoms with van der Waals surface area (Å²) in [7, 11) is 1.83. The molecular weight excluding hydrogens is 502 g/mol. The van der Waals surface area contributed by atoms with Crippen LogP contribution in [0.2, 0.25) is 5.02 Å². The fourth-order valence-corrected chi connectivity index (χ4v) is 5.36. The Bertz CT molecular complexity index is 1230. The number of amides is 2. The van der Waals surface area contributed by atoms with Gasteiger partial charge in [0.15, 0.2) is 0 Å². The third-order valence-corrected chi connectivity index (χ3v) is 7.57. The third-order valence-electron chi connectivity index (χ3n) is 7.34. The van der Waals surface area contributed by atoms with Crippen molar-refractivity contribution in [2.24, 2.45) is 5.41 Å². The van der Waals surface area contributed by atoms with E-state index >= 15 is 0 Å². The quantitative estimate of drug-likeness (QED) is 0.336. The SMILES string of the molecule is Cc1noc(C)c1CCC(=O)N1CCC[C@@](COc2cccc(Cl)c2)(CC(=O)N(C)Cc2ccccc2)C1. The van der Waals surface area contributed by atoms with Crippen molar-refractivity contribution in [3.8, 4) is 5.75 Å². The van der Waals surface area contributed by atoms with Gasteiger partial charge < -0.3 is 19.1 Å². The molecule has 1 aromatic heterocycles. The summed E-state index contributed by atoms with van der Waals surface area (Å²) in [5.74, 6) is 1.52. The van der Waals surface area contributed by atoms with Gasteiger partial charge in [-0.2, -0.15) is 0 Å². The van der Waals surface area contributed by atoms with E-state index in [1.165, 1.54) is 0 Å². The fraction of sp³-hybridized carbons (Fsp3) is 0.433. The molecule has 0 spiro atoms. The van der Waals surface area contributed by atoms with E-state index in [1.807, 2.05) is 68.3 Å². The smallest absolute Gasteiger partial charge is 0.223 e.